The Morgan fingerprint density at radius 1 is 1.12 bits per heavy atom. The van der Waals surface area contributed by atoms with Gasteiger partial charge in [0.15, 0.2) is 6.10 Å². The molecule has 102 valence electrons. The van der Waals surface area contributed by atoms with Gasteiger partial charge in [-0.3, -0.25) is 0 Å². The smallest absolute Gasteiger partial charge is 0.332 e. The van der Waals surface area contributed by atoms with E-state index < -0.39 is 17.7 Å². The molecule has 3 nitrogen and oxygen atoms in total. The van der Waals surface area contributed by atoms with Crippen LogP contribution in [0.5, 0.6) is 0 Å². The molecule has 0 fully saturated rings. The van der Waals surface area contributed by atoms with Crippen molar-refractivity contribution in [1.29, 1.82) is 0 Å². The molecule has 17 heavy (non-hydrogen) atoms. The summed E-state index contributed by atoms with van der Waals surface area (Å²) in [6, 6.07) is 0. The predicted octanol–water partition coefficient (Wildman–Crippen LogP) is 3.86. The molecule has 1 unspecified atom stereocenters. The van der Waals surface area contributed by atoms with Gasteiger partial charge >= 0.3 is 5.97 Å². The summed E-state index contributed by atoms with van der Waals surface area (Å²) in [5.74, 6) is -0.851. The summed E-state index contributed by atoms with van der Waals surface area (Å²) in [4.78, 5) is 11.0. The van der Waals surface area contributed by atoms with Crippen molar-refractivity contribution in [1.82, 2.24) is 0 Å². The summed E-state index contributed by atoms with van der Waals surface area (Å²) >= 11 is 0. The maximum Gasteiger partial charge on any atom is 0.332 e. The standard InChI is InChI=1S/C14H28O3/c1-13(2,3)10-8-7-9-11(12(15)16)17-14(4,5)6/h11H,7-10H2,1-6H3,(H,15,16). The lowest BCUT2D eigenvalue weighted by molar-refractivity contribution is -0.160. The lowest BCUT2D eigenvalue weighted by Crippen LogP contribution is -2.33. The van der Waals surface area contributed by atoms with Crippen molar-refractivity contribution < 1.29 is 14.6 Å². The van der Waals surface area contributed by atoms with Crippen molar-refractivity contribution in [2.24, 2.45) is 5.41 Å². The van der Waals surface area contributed by atoms with Crippen molar-refractivity contribution in [2.45, 2.75) is 78.9 Å². The van der Waals surface area contributed by atoms with Gasteiger partial charge < -0.3 is 9.84 Å². The van der Waals surface area contributed by atoms with Crippen LogP contribution in [0.2, 0.25) is 0 Å². The Morgan fingerprint density at radius 3 is 2.00 bits per heavy atom. The van der Waals surface area contributed by atoms with Crippen molar-refractivity contribution >= 4 is 5.97 Å². The Morgan fingerprint density at radius 2 is 1.65 bits per heavy atom. The highest BCUT2D eigenvalue weighted by atomic mass is 16.5. The highest BCUT2D eigenvalue weighted by Gasteiger charge is 2.24. The van der Waals surface area contributed by atoms with Crippen molar-refractivity contribution in [3.63, 3.8) is 0 Å². The van der Waals surface area contributed by atoms with Gasteiger partial charge in [0.25, 0.3) is 0 Å². The van der Waals surface area contributed by atoms with Crippen molar-refractivity contribution in [3.05, 3.63) is 0 Å². The Balaban J connectivity index is 3.99. The zero-order valence-electron chi connectivity index (χ0n) is 12.2. The lowest BCUT2D eigenvalue weighted by Gasteiger charge is -2.25. The Hall–Kier alpha value is -0.570. The monoisotopic (exact) mass is 244 g/mol. The Bertz CT molecular complexity index is 233. The van der Waals surface area contributed by atoms with Crippen LogP contribution in [0, 0.1) is 5.41 Å². The SMILES string of the molecule is CC(C)(C)CCCCC(OC(C)(C)C)C(=O)O. The van der Waals surface area contributed by atoms with Crippen molar-refractivity contribution in [3.8, 4) is 0 Å². The van der Waals surface area contributed by atoms with E-state index in [1.807, 2.05) is 20.8 Å². The van der Waals surface area contributed by atoms with Crippen LogP contribution in [0.4, 0.5) is 0 Å². The summed E-state index contributed by atoms with van der Waals surface area (Å²) in [6.45, 7) is 12.3. The molecule has 0 aromatic carbocycles. The third kappa shape index (κ3) is 10.3. The van der Waals surface area contributed by atoms with Crippen LogP contribution in [0.1, 0.15) is 67.2 Å². The summed E-state index contributed by atoms with van der Waals surface area (Å²) in [5.41, 5.74) is -0.0727. The van der Waals surface area contributed by atoms with Gasteiger partial charge in [-0.1, -0.05) is 33.6 Å². The average molecular weight is 244 g/mol. The lowest BCUT2D eigenvalue weighted by atomic mass is 9.89. The number of ether oxygens (including phenoxy) is 1. The van der Waals surface area contributed by atoms with Crippen LogP contribution in [0.25, 0.3) is 0 Å². The molecule has 0 aliphatic rings. The zero-order valence-corrected chi connectivity index (χ0v) is 12.2. The number of aliphatic carboxylic acids is 1. The number of carboxylic acids is 1. The normalized spacial score (nSPS) is 14.7. The van der Waals surface area contributed by atoms with E-state index in [0.717, 1.165) is 19.3 Å². The molecule has 0 amide bonds. The number of unbranched alkanes of at least 4 members (excludes halogenated alkanes) is 1. The molecule has 0 saturated heterocycles. The largest absolute Gasteiger partial charge is 0.479 e. The van der Waals surface area contributed by atoms with Gasteiger partial charge in [-0.2, -0.15) is 0 Å². The summed E-state index contributed by atoms with van der Waals surface area (Å²) in [5, 5.41) is 9.07. The molecule has 0 aliphatic heterocycles. The van der Waals surface area contributed by atoms with E-state index in [1.54, 1.807) is 0 Å². The highest BCUT2D eigenvalue weighted by Crippen LogP contribution is 2.23. The second kappa shape index (κ2) is 6.39. The van der Waals surface area contributed by atoms with E-state index in [4.69, 9.17) is 9.84 Å². The second-order valence-corrected chi connectivity index (χ2v) is 6.86. The molecule has 0 spiro atoms. The molecule has 0 aromatic rings. The number of rotatable bonds is 6. The molecule has 0 aromatic heterocycles. The van der Waals surface area contributed by atoms with E-state index >= 15 is 0 Å². The molecular weight excluding hydrogens is 216 g/mol. The fraction of sp³-hybridized carbons (Fsp3) is 0.929. The quantitative estimate of drug-likeness (QED) is 0.722. The van der Waals surface area contributed by atoms with Gasteiger partial charge in [0.1, 0.15) is 0 Å². The molecule has 1 N–H and O–H groups in total. The summed E-state index contributed by atoms with van der Waals surface area (Å²) in [7, 11) is 0. The van der Waals surface area contributed by atoms with Gasteiger partial charge in [0.05, 0.1) is 5.60 Å². The van der Waals surface area contributed by atoms with Gasteiger partial charge in [0, 0.05) is 0 Å². The number of carboxylic acid groups (broad SMARTS) is 1. The predicted molar refractivity (Wildman–Crippen MR) is 70.2 cm³/mol. The zero-order chi connectivity index (χ0) is 13.7. The number of hydrogen-bond donors (Lipinski definition) is 1. The minimum atomic E-state index is -0.851. The fourth-order valence-electron chi connectivity index (χ4n) is 1.64. The molecule has 0 bridgehead atoms. The maximum atomic E-state index is 11.0. The van der Waals surface area contributed by atoms with Crippen LogP contribution in [-0.4, -0.2) is 22.8 Å². The molecule has 3 heteroatoms. The minimum absolute atomic E-state index is 0.323. The van der Waals surface area contributed by atoms with Crippen molar-refractivity contribution in [2.75, 3.05) is 0 Å². The Kier molecular flexibility index (Phi) is 6.17. The first-order chi connectivity index (χ1) is 7.51. The van der Waals surface area contributed by atoms with E-state index in [1.165, 1.54) is 0 Å². The highest BCUT2D eigenvalue weighted by molar-refractivity contribution is 5.72. The summed E-state index contributed by atoms with van der Waals surface area (Å²) in [6.07, 6.45) is 3.01. The first-order valence-electron chi connectivity index (χ1n) is 6.42. The van der Waals surface area contributed by atoms with Crippen LogP contribution in [0.3, 0.4) is 0 Å². The average Bonchev–Trinajstić information content (AvgIpc) is 2.06. The molecule has 0 heterocycles. The fourth-order valence-corrected chi connectivity index (χ4v) is 1.64. The molecule has 0 aliphatic carbocycles. The number of carbonyl (C=O) groups is 1. The Labute approximate surface area is 106 Å². The first-order valence-corrected chi connectivity index (χ1v) is 6.42. The maximum absolute atomic E-state index is 11.0. The van der Waals surface area contributed by atoms with E-state index in [9.17, 15) is 4.79 Å². The summed E-state index contributed by atoms with van der Waals surface area (Å²) < 4.78 is 5.53. The van der Waals surface area contributed by atoms with Gasteiger partial charge in [-0.25, -0.2) is 4.79 Å². The van der Waals surface area contributed by atoms with Crippen LogP contribution >= 0.6 is 0 Å². The first kappa shape index (κ1) is 16.4. The van der Waals surface area contributed by atoms with Crippen LogP contribution in [0.15, 0.2) is 0 Å². The third-order valence-corrected chi connectivity index (χ3v) is 2.41. The van der Waals surface area contributed by atoms with Crippen LogP contribution in [-0.2, 0) is 9.53 Å². The van der Waals surface area contributed by atoms with E-state index in [-0.39, 0.29) is 0 Å². The third-order valence-electron chi connectivity index (χ3n) is 2.41. The second-order valence-electron chi connectivity index (χ2n) is 6.86. The molecule has 0 rings (SSSR count). The van der Waals surface area contributed by atoms with Gasteiger partial charge in [-0.15, -0.1) is 0 Å². The number of hydrogen-bond acceptors (Lipinski definition) is 2. The molecule has 1 atom stereocenters. The minimum Gasteiger partial charge on any atom is -0.479 e. The topological polar surface area (TPSA) is 46.5 Å². The van der Waals surface area contributed by atoms with Gasteiger partial charge in [0.2, 0.25) is 0 Å². The molecule has 0 radical (unpaired) electrons. The van der Waals surface area contributed by atoms with Gasteiger partial charge in [-0.05, 0) is 39.0 Å². The van der Waals surface area contributed by atoms with E-state index in [2.05, 4.69) is 20.8 Å². The molecular formula is C14H28O3. The molecule has 0 saturated carbocycles. The van der Waals surface area contributed by atoms with E-state index in [0.29, 0.717) is 11.8 Å². The van der Waals surface area contributed by atoms with Crippen LogP contribution < -0.4 is 0 Å².